The normalized spacial score (nSPS) is 10.6. The number of carbonyl (C=O) groups excluding carboxylic acids is 1. The maximum atomic E-state index is 13.7. The molecule has 0 saturated carbocycles. The van der Waals surface area contributed by atoms with Crippen LogP contribution in [-0.2, 0) is 6.61 Å². The summed E-state index contributed by atoms with van der Waals surface area (Å²) in [7, 11) is 1.49. The van der Waals surface area contributed by atoms with Crippen LogP contribution in [0.3, 0.4) is 0 Å². The minimum Gasteiger partial charge on any atom is -0.493 e. The Morgan fingerprint density at radius 3 is 2.61 bits per heavy atom. The number of hydrogen-bond acceptors (Lipinski definition) is 5. The first-order valence-corrected chi connectivity index (χ1v) is 10.3. The number of hydrogen-bond donors (Lipinski definition) is 1. The van der Waals surface area contributed by atoms with Crippen LogP contribution in [0.2, 0.25) is 5.02 Å². The van der Waals surface area contributed by atoms with Crippen LogP contribution in [0.5, 0.6) is 17.2 Å². The van der Waals surface area contributed by atoms with Crippen molar-refractivity contribution >= 4 is 23.7 Å². The molecule has 0 unspecified atom stereocenters. The zero-order chi connectivity index (χ0) is 23.6. The molecule has 6 nitrogen and oxygen atoms in total. The number of nitrogens with one attached hydrogen (secondary N) is 1. The number of hydrazone groups is 1. The van der Waals surface area contributed by atoms with E-state index in [2.05, 4.69) is 17.1 Å². The van der Waals surface area contributed by atoms with Crippen LogP contribution in [-0.4, -0.2) is 25.8 Å². The van der Waals surface area contributed by atoms with Crippen molar-refractivity contribution in [3.8, 4) is 17.2 Å². The van der Waals surface area contributed by atoms with Gasteiger partial charge in [-0.2, -0.15) is 5.10 Å². The highest BCUT2D eigenvalue weighted by Gasteiger charge is 2.11. The van der Waals surface area contributed by atoms with E-state index in [-0.39, 0.29) is 12.4 Å². The van der Waals surface area contributed by atoms with Gasteiger partial charge in [0.25, 0.3) is 5.91 Å². The van der Waals surface area contributed by atoms with E-state index < -0.39 is 5.91 Å². The van der Waals surface area contributed by atoms with Crippen LogP contribution >= 0.6 is 11.6 Å². The van der Waals surface area contributed by atoms with E-state index in [1.54, 1.807) is 60.7 Å². The molecular formula is C25H22ClFN2O4. The van der Waals surface area contributed by atoms with Gasteiger partial charge in [0.15, 0.2) is 11.5 Å². The number of nitrogens with zero attached hydrogens (tertiary/aromatic N) is 1. The second-order valence-electron chi connectivity index (χ2n) is 6.73. The third kappa shape index (κ3) is 6.57. The van der Waals surface area contributed by atoms with Crippen molar-refractivity contribution in [2.24, 2.45) is 5.10 Å². The minimum atomic E-state index is -0.421. The SMILES string of the molecule is C=CCOc1ccc(C(=O)N/N=C/c2ccc(OCc3ccccc3F)c(Cl)c2)cc1OC. The maximum Gasteiger partial charge on any atom is 0.271 e. The third-order valence-corrected chi connectivity index (χ3v) is 4.75. The summed E-state index contributed by atoms with van der Waals surface area (Å²) in [6.07, 6.45) is 3.06. The first kappa shape index (κ1) is 23.8. The lowest BCUT2D eigenvalue weighted by Gasteiger charge is -2.10. The molecule has 0 fully saturated rings. The van der Waals surface area contributed by atoms with Crippen LogP contribution in [0, 0.1) is 5.82 Å². The highest BCUT2D eigenvalue weighted by molar-refractivity contribution is 6.32. The summed E-state index contributed by atoms with van der Waals surface area (Å²) in [5.74, 6) is 0.572. The van der Waals surface area contributed by atoms with Crippen molar-refractivity contribution in [2.75, 3.05) is 13.7 Å². The van der Waals surface area contributed by atoms with Crippen LogP contribution < -0.4 is 19.6 Å². The lowest BCUT2D eigenvalue weighted by molar-refractivity contribution is 0.0954. The first-order valence-electron chi connectivity index (χ1n) is 9.92. The van der Waals surface area contributed by atoms with Crippen LogP contribution in [0.25, 0.3) is 0 Å². The molecule has 0 aliphatic carbocycles. The molecule has 0 atom stereocenters. The fourth-order valence-electron chi connectivity index (χ4n) is 2.79. The second kappa shape index (κ2) is 11.7. The molecule has 3 aromatic carbocycles. The van der Waals surface area contributed by atoms with E-state index in [9.17, 15) is 9.18 Å². The Kier molecular flexibility index (Phi) is 8.43. The summed E-state index contributed by atoms with van der Waals surface area (Å²) in [4.78, 5) is 12.4. The van der Waals surface area contributed by atoms with Crippen LogP contribution in [0.15, 0.2) is 78.4 Å². The molecule has 8 heteroatoms. The number of methoxy groups -OCH3 is 1. The van der Waals surface area contributed by atoms with E-state index in [1.807, 2.05) is 0 Å². The van der Waals surface area contributed by atoms with E-state index in [0.29, 0.717) is 45.6 Å². The van der Waals surface area contributed by atoms with Crippen molar-refractivity contribution in [1.29, 1.82) is 0 Å². The molecule has 0 aliphatic rings. The van der Waals surface area contributed by atoms with Gasteiger partial charge < -0.3 is 14.2 Å². The Labute approximate surface area is 196 Å². The van der Waals surface area contributed by atoms with Gasteiger partial charge in [0.2, 0.25) is 0 Å². The zero-order valence-corrected chi connectivity index (χ0v) is 18.6. The molecule has 0 spiro atoms. The molecule has 170 valence electrons. The minimum absolute atomic E-state index is 0.0523. The van der Waals surface area contributed by atoms with Crippen LogP contribution in [0.1, 0.15) is 21.5 Å². The second-order valence-corrected chi connectivity index (χ2v) is 7.14. The molecule has 0 aliphatic heterocycles. The Bertz CT molecular complexity index is 1170. The van der Waals surface area contributed by atoms with Crippen molar-refractivity contribution in [3.63, 3.8) is 0 Å². The fourth-order valence-corrected chi connectivity index (χ4v) is 3.04. The Morgan fingerprint density at radius 2 is 1.88 bits per heavy atom. The number of benzene rings is 3. The quantitative estimate of drug-likeness (QED) is 0.246. The molecule has 0 bridgehead atoms. The molecule has 3 aromatic rings. The lowest BCUT2D eigenvalue weighted by Crippen LogP contribution is -2.17. The molecular weight excluding hydrogens is 447 g/mol. The first-order chi connectivity index (χ1) is 16.0. The van der Waals surface area contributed by atoms with E-state index in [1.165, 1.54) is 19.4 Å². The smallest absolute Gasteiger partial charge is 0.271 e. The molecule has 1 amide bonds. The van der Waals surface area contributed by atoms with Gasteiger partial charge in [0.1, 0.15) is 24.8 Å². The van der Waals surface area contributed by atoms with E-state index in [0.717, 1.165) is 0 Å². The van der Waals surface area contributed by atoms with Gasteiger partial charge in [-0.3, -0.25) is 4.79 Å². The molecule has 33 heavy (non-hydrogen) atoms. The number of ether oxygens (including phenoxy) is 3. The summed E-state index contributed by atoms with van der Waals surface area (Å²) in [5, 5.41) is 4.30. The maximum absolute atomic E-state index is 13.7. The number of carbonyl (C=O) groups is 1. The largest absolute Gasteiger partial charge is 0.493 e. The Hall–Kier alpha value is -3.84. The number of halogens is 2. The Morgan fingerprint density at radius 1 is 1.09 bits per heavy atom. The number of rotatable bonds is 10. The highest BCUT2D eigenvalue weighted by Crippen LogP contribution is 2.28. The third-order valence-electron chi connectivity index (χ3n) is 4.46. The van der Waals surface area contributed by atoms with Crippen molar-refractivity contribution in [1.82, 2.24) is 5.43 Å². The van der Waals surface area contributed by atoms with Crippen molar-refractivity contribution < 1.29 is 23.4 Å². The van der Waals surface area contributed by atoms with E-state index >= 15 is 0 Å². The fraction of sp³-hybridized carbons (Fsp3) is 0.120. The molecule has 0 heterocycles. The van der Waals surface area contributed by atoms with Gasteiger partial charge in [-0.1, -0.05) is 42.5 Å². The lowest BCUT2D eigenvalue weighted by atomic mass is 10.2. The topological polar surface area (TPSA) is 69.2 Å². The summed E-state index contributed by atoms with van der Waals surface area (Å²) in [5.41, 5.74) is 3.87. The molecule has 1 N–H and O–H groups in total. The van der Waals surface area contributed by atoms with Gasteiger partial charge in [0.05, 0.1) is 18.3 Å². The number of amides is 1. The zero-order valence-electron chi connectivity index (χ0n) is 17.9. The van der Waals surface area contributed by atoms with Crippen molar-refractivity contribution in [2.45, 2.75) is 6.61 Å². The highest BCUT2D eigenvalue weighted by atomic mass is 35.5. The van der Waals surface area contributed by atoms with E-state index in [4.69, 9.17) is 25.8 Å². The molecule has 0 saturated heterocycles. The Balaban J connectivity index is 1.59. The van der Waals surface area contributed by atoms with Gasteiger partial charge >= 0.3 is 0 Å². The van der Waals surface area contributed by atoms with Gasteiger partial charge in [-0.05, 0) is 48.0 Å². The summed E-state index contributed by atoms with van der Waals surface area (Å²) in [6.45, 7) is 3.97. The molecule has 0 aromatic heterocycles. The standard InChI is InChI=1S/C25H22ClFN2O4/c1-3-12-32-23-11-9-18(14-24(23)31-2)25(30)29-28-15-17-8-10-22(20(26)13-17)33-16-19-6-4-5-7-21(19)27/h3-11,13-15H,1,12,16H2,2H3,(H,29,30)/b28-15+. The summed E-state index contributed by atoms with van der Waals surface area (Å²) >= 11 is 6.26. The average molecular weight is 469 g/mol. The molecule has 0 radical (unpaired) electrons. The van der Waals surface area contributed by atoms with Gasteiger partial charge in [-0.25, -0.2) is 9.82 Å². The van der Waals surface area contributed by atoms with Gasteiger partial charge in [0, 0.05) is 11.1 Å². The van der Waals surface area contributed by atoms with Crippen LogP contribution in [0.4, 0.5) is 4.39 Å². The average Bonchev–Trinajstić information content (AvgIpc) is 2.83. The molecule has 3 rings (SSSR count). The van der Waals surface area contributed by atoms with Gasteiger partial charge in [-0.15, -0.1) is 0 Å². The predicted molar refractivity (Wildman–Crippen MR) is 126 cm³/mol. The summed E-state index contributed by atoms with van der Waals surface area (Å²) in [6, 6.07) is 16.2. The summed E-state index contributed by atoms with van der Waals surface area (Å²) < 4.78 is 30.1. The monoisotopic (exact) mass is 468 g/mol. The van der Waals surface area contributed by atoms with Crippen molar-refractivity contribution in [3.05, 3.63) is 101 Å². The predicted octanol–water partition coefficient (Wildman–Crippen LogP) is 5.40.